The number of nitrogens with two attached hydrogens (primary N) is 1. The summed E-state index contributed by atoms with van der Waals surface area (Å²) in [6.45, 7) is 2.50. The monoisotopic (exact) mass is 237 g/mol. The van der Waals surface area contributed by atoms with Gasteiger partial charge in [0.05, 0.1) is 13.7 Å². The number of carbonyl (C=O) groups is 1. The highest BCUT2D eigenvalue weighted by Crippen LogP contribution is 2.14. The third kappa shape index (κ3) is 4.44. The van der Waals surface area contributed by atoms with E-state index in [-0.39, 0.29) is 0 Å². The SMILES string of the molecule is CCc1cccc(OCCC(N)C(=O)OC)c1. The normalized spacial score (nSPS) is 11.9. The molecule has 0 aliphatic heterocycles. The van der Waals surface area contributed by atoms with Gasteiger partial charge in [0.2, 0.25) is 0 Å². The molecule has 0 amide bonds. The number of benzene rings is 1. The van der Waals surface area contributed by atoms with E-state index >= 15 is 0 Å². The van der Waals surface area contributed by atoms with Gasteiger partial charge < -0.3 is 15.2 Å². The molecule has 0 aromatic heterocycles. The van der Waals surface area contributed by atoms with Crippen molar-refractivity contribution in [3.63, 3.8) is 0 Å². The lowest BCUT2D eigenvalue weighted by molar-refractivity contribution is -0.142. The van der Waals surface area contributed by atoms with Gasteiger partial charge in [0.15, 0.2) is 0 Å². The standard InChI is InChI=1S/C13H19NO3/c1-3-10-5-4-6-11(9-10)17-8-7-12(14)13(15)16-2/h4-6,9,12H,3,7-8,14H2,1-2H3. The zero-order valence-electron chi connectivity index (χ0n) is 10.3. The van der Waals surface area contributed by atoms with E-state index < -0.39 is 12.0 Å². The molecule has 94 valence electrons. The third-order valence-electron chi connectivity index (χ3n) is 2.51. The molecule has 2 N–H and O–H groups in total. The summed E-state index contributed by atoms with van der Waals surface area (Å²) in [6.07, 6.45) is 1.42. The Hall–Kier alpha value is -1.55. The van der Waals surface area contributed by atoms with Crippen molar-refractivity contribution in [2.45, 2.75) is 25.8 Å². The number of rotatable bonds is 6. The molecule has 0 bridgehead atoms. The highest BCUT2D eigenvalue weighted by atomic mass is 16.5. The number of methoxy groups -OCH3 is 1. The van der Waals surface area contributed by atoms with E-state index in [1.54, 1.807) is 0 Å². The molecule has 0 aliphatic carbocycles. The molecule has 4 heteroatoms. The lowest BCUT2D eigenvalue weighted by Crippen LogP contribution is -2.33. The first-order valence-electron chi connectivity index (χ1n) is 5.72. The molecule has 1 aromatic carbocycles. The van der Waals surface area contributed by atoms with Gasteiger partial charge in [-0.15, -0.1) is 0 Å². The minimum Gasteiger partial charge on any atom is -0.494 e. The summed E-state index contributed by atoms with van der Waals surface area (Å²) < 4.78 is 10.1. The van der Waals surface area contributed by atoms with E-state index in [0.717, 1.165) is 12.2 Å². The van der Waals surface area contributed by atoms with Crippen LogP contribution in [0, 0.1) is 0 Å². The van der Waals surface area contributed by atoms with E-state index in [1.165, 1.54) is 12.7 Å². The summed E-state index contributed by atoms with van der Waals surface area (Å²) in [5.74, 6) is 0.400. The first-order chi connectivity index (χ1) is 8.17. The van der Waals surface area contributed by atoms with E-state index in [2.05, 4.69) is 11.7 Å². The maximum absolute atomic E-state index is 11.1. The Kier molecular flexibility index (Phi) is 5.49. The van der Waals surface area contributed by atoms with Gasteiger partial charge in [-0.3, -0.25) is 4.79 Å². The summed E-state index contributed by atoms with van der Waals surface area (Å²) in [5, 5.41) is 0. The third-order valence-corrected chi connectivity index (χ3v) is 2.51. The van der Waals surface area contributed by atoms with Gasteiger partial charge in [-0.05, 0) is 24.1 Å². The molecule has 1 rings (SSSR count). The van der Waals surface area contributed by atoms with E-state index in [0.29, 0.717) is 13.0 Å². The van der Waals surface area contributed by atoms with E-state index in [4.69, 9.17) is 10.5 Å². The minimum absolute atomic E-state index is 0.406. The van der Waals surface area contributed by atoms with Crippen LogP contribution in [0.4, 0.5) is 0 Å². The predicted octanol–water partition coefficient (Wildman–Crippen LogP) is 1.52. The largest absolute Gasteiger partial charge is 0.494 e. The maximum atomic E-state index is 11.1. The fourth-order valence-electron chi connectivity index (χ4n) is 1.43. The van der Waals surface area contributed by atoms with Crippen LogP contribution in [-0.4, -0.2) is 25.7 Å². The first-order valence-corrected chi connectivity index (χ1v) is 5.72. The second kappa shape index (κ2) is 6.91. The van der Waals surface area contributed by atoms with E-state index in [9.17, 15) is 4.79 Å². The smallest absolute Gasteiger partial charge is 0.322 e. The summed E-state index contributed by atoms with van der Waals surface area (Å²) in [4.78, 5) is 11.1. The highest BCUT2D eigenvalue weighted by Gasteiger charge is 2.13. The fourth-order valence-corrected chi connectivity index (χ4v) is 1.43. The summed E-state index contributed by atoms with van der Waals surface area (Å²) in [7, 11) is 1.33. The molecule has 1 unspecified atom stereocenters. The van der Waals surface area contributed by atoms with Gasteiger partial charge >= 0.3 is 5.97 Å². The zero-order chi connectivity index (χ0) is 12.7. The van der Waals surface area contributed by atoms with Crippen LogP contribution in [0.5, 0.6) is 5.75 Å². The molecule has 0 heterocycles. The molecule has 0 saturated heterocycles. The molecule has 17 heavy (non-hydrogen) atoms. The van der Waals surface area contributed by atoms with Crippen molar-refractivity contribution in [3.8, 4) is 5.75 Å². The number of hydrogen-bond donors (Lipinski definition) is 1. The van der Waals surface area contributed by atoms with Crippen molar-refractivity contribution in [1.29, 1.82) is 0 Å². The molecule has 0 aliphatic rings. The number of carbonyl (C=O) groups excluding carboxylic acids is 1. The van der Waals surface area contributed by atoms with Crippen molar-refractivity contribution in [2.24, 2.45) is 5.73 Å². The summed E-state index contributed by atoms with van der Waals surface area (Å²) in [5.41, 5.74) is 6.82. The van der Waals surface area contributed by atoms with Gasteiger partial charge in [0.25, 0.3) is 0 Å². The van der Waals surface area contributed by atoms with Crippen LogP contribution >= 0.6 is 0 Å². The maximum Gasteiger partial charge on any atom is 0.322 e. The highest BCUT2D eigenvalue weighted by molar-refractivity contribution is 5.75. The van der Waals surface area contributed by atoms with Crippen LogP contribution in [0.3, 0.4) is 0 Å². The Labute approximate surface area is 102 Å². The molecule has 1 atom stereocenters. The molecule has 4 nitrogen and oxygen atoms in total. The molecular weight excluding hydrogens is 218 g/mol. The van der Waals surface area contributed by atoms with Crippen LogP contribution in [0.25, 0.3) is 0 Å². The molecule has 0 radical (unpaired) electrons. The Morgan fingerprint density at radius 2 is 2.24 bits per heavy atom. The number of aryl methyl sites for hydroxylation is 1. The lowest BCUT2D eigenvalue weighted by atomic mass is 10.2. The van der Waals surface area contributed by atoms with Gasteiger partial charge in [-0.1, -0.05) is 19.1 Å². The van der Waals surface area contributed by atoms with Crippen LogP contribution in [-0.2, 0) is 16.0 Å². The Morgan fingerprint density at radius 3 is 2.88 bits per heavy atom. The summed E-state index contributed by atoms with van der Waals surface area (Å²) in [6, 6.07) is 7.27. The van der Waals surface area contributed by atoms with Crippen LogP contribution in [0.2, 0.25) is 0 Å². The second-order valence-corrected chi connectivity index (χ2v) is 3.77. The Balaban J connectivity index is 2.37. The molecule has 0 fully saturated rings. The fraction of sp³-hybridized carbons (Fsp3) is 0.462. The van der Waals surface area contributed by atoms with Gasteiger partial charge in [0.1, 0.15) is 11.8 Å². The van der Waals surface area contributed by atoms with Gasteiger partial charge in [-0.2, -0.15) is 0 Å². The van der Waals surface area contributed by atoms with E-state index in [1.807, 2.05) is 24.3 Å². The average Bonchev–Trinajstić information content (AvgIpc) is 2.37. The van der Waals surface area contributed by atoms with Crippen molar-refractivity contribution >= 4 is 5.97 Å². The number of ether oxygens (including phenoxy) is 2. The van der Waals surface area contributed by atoms with Crippen molar-refractivity contribution in [1.82, 2.24) is 0 Å². The predicted molar refractivity (Wildman–Crippen MR) is 65.9 cm³/mol. The molecule has 0 spiro atoms. The quantitative estimate of drug-likeness (QED) is 0.762. The van der Waals surface area contributed by atoms with Gasteiger partial charge in [0, 0.05) is 6.42 Å². The zero-order valence-corrected chi connectivity index (χ0v) is 10.3. The van der Waals surface area contributed by atoms with Crippen LogP contribution in [0.15, 0.2) is 24.3 Å². The van der Waals surface area contributed by atoms with Crippen LogP contribution < -0.4 is 10.5 Å². The number of hydrogen-bond acceptors (Lipinski definition) is 4. The molecule has 0 saturated carbocycles. The van der Waals surface area contributed by atoms with Gasteiger partial charge in [-0.25, -0.2) is 0 Å². The van der Waals surface area contributed by atoms with Crippen molar-refractivity contribution in [3.05, 3.63) is 29.8 Å². The molecular formula is C13H19NO3. The Bertz CT molecular complexity index is 365. The second-order valence-electron chi connectivity index (χ2n) is 3.77. The lowest BCUT2D eigenvalue weighted by Gasteiger charge is -2.11. The topological polar surface area (TPSA) is 61.5 Å². The average molecular weight is 237 g/mol. The van der Waals surface area contributed by atoms with Crippen molar-refractivity contribution < 1.29 is 14.3 Å². The minimum atomic E-state index is -0.616. The number of esters is 1. The van der Waals surface area contributed by atoms with Crippen molar-refractivity contribution in [2.75, 3.05) is 13.7 Å². The Morgan fingerprint density at radius 1 is 1.47 bits per heavy atom. The first kappa shape index (κ1) is 13.5. The van der Waals surface area contributed by atoms with Crippen LogP contribution in [0.1, 0.15) is 18.9 Å². The summed E-state index contributed by atoms with van der Waals surface area (Å²) >= 11 is 0. The molecule has 1 aromatic rings.